The summed E-state index contributed by atoms with van der Waals surface area (Å²) in [6.45, 7) is 9.30. The van der Waals surface area contributed by atoms with Gasteiger partial charge in [-0.05, 0) is 18.8 Å². The number of thioether (sulfide) groups is 1. The van der Waals surface area contributed by atoms with Crippen LogP contribution in [0.25, 0.3) is 0 Å². The van der Waals surface area contributed by atoms with Gasteiger partial charge < -0.3 is 9.84 Å². The van der Waals surface area contributed by atoms with E-state index in [2.05, 4.69) is 41.2 Å². The van der Waals surface area contributed by atoms with Crippen molar-refractivity contribution in [3.8, 4) is 0 Å². The van der Waals surface area contributed by atoms with Gasteiger partial charge in [-0.3, -0.25) is 4.99 Å². The molecule has 0 spiro atoms. The Bertz CT molecular complexity index is 450. The van der Waals surface area contributed by atoms with Crippen molar-refractivity contribution < 1.29 is 4.52 Å². The number of amidine groups is 1. The van der Waals surface area contributed by atoms with E-state index in [9.17, 15) is 0 Å². The molecule has 1 atom stereocenters. The zero-order valence-electron chi connectivity index (χ0n) is 12.1. The largest absolute Gasteiger partial charge is 0.362 e. The molecule has 1 aliphatic rings. The van der Waals surface area contributed by atoms with Crippen molar-refractivity contribution in [3.63, 3.8) is 0 Å². The SMILES string of the molecule is Cc1noc(CCN=C2NC(C(C)(C)C)CCS2)n1. The average molecular weight is 282 g/mol. The maximum atomic E-state index is 5.07. The molecule has 0 bridgehead atoms. The number of aromatic nitrogens is 2. The second-order valence-electron chi connectivity index (χ2n) is 5.87. The Balaban J connectivity index is 1.85. The molecule has 2 heterocycles. The van der Waals surface area contributed by atoms with Gasteiger partial charge in [0.15, 0.2) is 11.0 Å². The molecule has 1 fully saturated rings. The van der Waals surface area contributed by atoms with Crippen molar-refractivity contribution in [3.05, 3.63) is 11.7 Å². The van der Waals surface area contributed by atoms with E-state index in [4.69, 9.17) is 4.52 Å². The van der Waals surface area contributed by atoms with Gasteiger partial charge >= 0.3 is 0 Å². The summed E-state index contributed by atoms with van der Waals surface area (Å²) in [6, 6.07) is 0.498. The molecule has 6 heteroatoms. The van der Waals surface area contributed by atoms with E-state index >= 15 is 0 Å². The van der Waals surface area contributed by atoms with Gasteiger partial charge in [0.05, 0.1) is 6.54 Å². The molecular weight excluding hydrogens is 260 g/mol. The Morgan fingerprint density at radius 1 is 1.47 bits per heavy atom. The molecule has 5 nitrogen and oxygen atoms in total. The molecule has 0 radical (unpaired) electrons. The van der Waals surface area contributed by atoms with Gasteiger partial charge in [-0.2, -0.15) is 4.98 Å². The molecular formula is C13H22N4OS. The fourth-order valence-electron chi connectivity index (χ4n) is 1.97. The lowest BCUT2D eigenvalue weighted by Gasteiger charge is -2.35. The first-order valence-electron chi connectivity index (χ1n) is 6.68. The molecule has 0 amide bonds. The smallest absolute Gasteiger partial charge is 0.228 e. The zero-order chi connectivity index (χ0) is 13.9. The number of aliphatic imine (C=N–C) groups is 1. The molecule has 0 aliphatic carbocycles. The highest BCUT2D eigenvalue weighted by Gasteiger charge is 2.28. The van der Waals surface area contributed by atoms with E-state index in [1.165, 1.54) is 6.42 Å². The highest BCUT2D eigenvalue weighted by atomic mass is 32.2. The lowest BCUT2D eigenvalue weighted by atomic mass is 9.85. The predicted octanol–water partition coefficient (Wildman–Crippen LogP) is 2.42. The van der Waals surface area contributed by atoms with E-state index in [0.717, 1.165) is 10.9 Å². The number of hydrogen-bond acceptors (Lipinski definition) is 5. The third kappa shape index (κ3) is 4.23. The molecule has 1 aromatic rings. The number of aryl methyl sites for hydroxylation is 1. The Kier molecular flexibility index (Phi) is 4.50. The van der Waals surface area contributed by atoms with E-state index in [1.54, 1.807) is 11.8 Å². The van der Waals surface area contributed by atoms with Crippen LogP contribution in [0, 0.1) is 12.3 Å². The van der Waals surface area contributed by atoms with E-state index < -0.39 is 0 Å². The van der Waals surface area contributed by atoms with Crippen LogP contribution in [0.4, 0.5) is 0 Å². The Labute approximate surface area is 118 Å². The molecule has 1 saturated heterocycles. The lowest BCUT2D eigenvalue weighted by Crippen LogP contribution is -2.46. The molecule has 0 saturated carbocycles. The van der Waals surface area contributed by atoms with Gasteiger partial charge in [-0.1, -0.05) is 37.7 Å². The Morgan fingerprint density at radius 2 is 2.26 bits per heavy atom. The third-order valence-electron chi connectivity index (χ3n) is 3.14. The number of hydrogen-bond donors (Lipinski definition) is 1. The second kappa shape index (κ2) is 5.94. The maximum absolute atomic E-state index is 5.07. The van der Waals surface area contributed by atoms with Crippen molar-refractivity contribution >= 4 is 16.9 Å². The summed E-state index contributed by atoms with van der Waals surface area (Å²) in [5.41, 5.74) is 0.269. The van der Waals surface area contributed by atoms with Crippen LogP contribution in [0.15, 0.2) is 9.52 Å². The minimum absolute atomic E-state index is 0.269. The maximum Gasteiger partial charge on any atom is 0.228 e. The van der Waals surface area contributed by atoms with Gasteiger partial charge in [0.1, 0.15) is 0 Å². The quantitative estimate of drug-likeness (QED) is 0.922. The monoisotopic (exact) mass is 282 g/mol. The summed E-state index contributed by atoms with van der Waals surface area (Å²) >= 11 is 1.80. The van der Waals surface area contributed by atoms with Gasteiger partial charge in [0.2, 0.25) is 5.89 Å². The van der Waals surface area contributed by atoms with Crippen molar-refractivity contribution in [2.75, 3.05) is 12.3 Å². The molecule has 19 heavy (non-hydrogen) atoms. The van der Waals surface area contributed by atoms with Crippen molar-refractivity contribution in [2.45, 2.75) is 46.6 Å². The fourth-order valence-corrected chi connectivity index (χ4v) is 2.93. The normalized spacial score (nSPS) is 22.5. The van der Waals surface area contributed by atoms with Gasteiger partial charge in [0.25, 0.3) is 0 Å². The van der Waals surface area contributed by atoms with Gasteiger partial charge in [-0.15, -0.1) is 0 Å². The predicted molar refractivity (Wildman–Crippen MR) is 78.5 cm³/mol. The van der Waals surface area contributed by atoms with Crippen LogP contribution in [0.3, 0.4) is 0 Å². The van der Waals surface area contributed by atoms with Crippen molar-refractivity contribution in [1.82, 2.24) is 15.5 Å². The molecule has 1 N–H and O–H groups in total. The third-order valence-corrected chi connectivity index (χ3v) is 4.10. The summed E-state index contributed by atoms with van der Waals surface area (Å²) in [4.78, 5) is 8.77. The van der Waals surface area contributed by atoms with E-state index in [-0.39, 0.29) is 5.41 Å². The Morgan fingerprint density at radius 3 is 2.89 bits per heavy atom. The van der Waals surface area contributed by atoms with Crippen LogP contribution in [0.5, 0.6) is 0 Å². The molecule has 2 rings (SSSR count). The van der Waals surface area contributed by atoms with E-state index in [0.29, 0.717) is 30.7 Å². The van der Waals surface area contributed by atoms with Crippen molar-refractivity contribution in [1.29, 1.82) is 0 Å². The lowest BCUT2D eigenvalue weighted by molar-refractivity contribution is 0.290. The summed E-state index contributed by atoms with van der Waals surface area (Å²) < 4.78 is 5.07. The first-order chi connectivity index (χ1) is 8.95. The number of nitrogens with one attached hydrogen (secondary N) is 1. The standard InChI is InChI=1S/C13H22N4OS/c1-9-15-11(18-17-9)5-7-14-12-16-10(6-8-19-12)13(2,3)4/h10H,5-8H2,1-4H3,(H,14,16). The second-order valence-corrected chi connectivity index (χ2v) is 6.96. The van der Waals surface area contributed by atoms with Crippen LogP contribution in [0.2, 0.25) is 0 Å². The first-order valence-corrected chi connectivity index (χ1v) is 7.66. The fraction of sp³-hybridized carbons (Fsp3) is 0.769. The van der Waals surface area contributed by atoms with Crippen LogP contribution < -0.4 is 5.32 Å². The number of nitrogens with zero attached hydrogens (tertiary/aromatic N) is 3. The average Bonchev–Trinajstić information content (AvgIpc) is 2.74. The number of rotatable bonds is 3. The van der Waals surface area contributed by atoms with Crippen LogP contribution in [-0.2, 0) is 6.42 Å². The minimum Gasteiger partial charge on any atom is -0.362 e. The molecule has 1 aromatic heterocycles. The minimum atomic E-state index is 0.269. The highest BCUT2D eigenvalue weighted by molar-refractivity contribution is 8.13. The van der Waals surface area contributed by atoms with Crippen LogP contribution in [-0.4, -0.2) is 33.6 Å². The summed E-state index contributed by atoms with van der Waals surface area (Å²) in [6.07, 6.45) is 1.89. The van der Waals surface area contributed by atoms with Gasteiger partial charge in [0, 0.05) is 18.2 Å². The van der Waals surface area contributed by atoms with E-state index in [1.807, 2.05) is 6.92 Å². The topological polar surface area (TPSA) is 63.3 Å². The molecule has 0 aromatic carbocycles. The molecule has 106 valence electrons. The molecule has 1 aliphatic heterocycles. The summed E-state index contributed by atoms with van der Waals surface area (Å²) in [5.74, 6) is 2.48. The zero-order valence-corrected chi connectivity index (χ0v) is 12.9. The van der Waals surface area contributed by atoms with Gasteiger partial charge in [-0.25, -0.2) is 0 Å². The van der Waals surface area contributed by atoms with Crippen LogP contribution >= 0.6 is 11.8 Å². The Hall–Kier alpha value is -1.04. The summed E-state index contributed by atoms with van der Waals surface area (Å²) in [5, 5.41) is 8.35. The highest BCUT2D eigenvalue weighted by Crippen LogP contribution is 2.27. The first kappa shape index (κ1) is 14.4. The molecule has 1 unspecified atom stereocenters. The summed E-state index contributed by atoms with van der Waals surface area (Å²) in [7, 11) is 0. The van der Waals surface area contributed by atoms with Crippen LogP contribution in [0.1, 0.15) is 38.9 Å². The van der Waals surface area contributed by atoms with Crippen molar-refractivity contribution in [2.24, 2.45) is 10.4 Å².